The van der Waals surface area contributed by atoms with Crippen molar-refractivity contribution >= 4 is 64.1 Å². The number of amides is 6. The zero-order valence-electron chi connectivity index (χ0n) is 33.9. The Bertz CT molecular complexity index is 2700. The topological polar surface area (TPSA) is 183 Å². The Balaban J connectivity index is 0.855. The van der Waals surface area contributed by atoms with E-state index in [0.717, 1.165) is 17.0 Å². The Morgan fingerprint density at radius 2 is 1.69 bits per heavy atom. The van der Waals surface area contributed by atoms with E-state index in [9.17, 15) is 41.9 Å². The van der Waals surface area contributed by atoms with Gasteiger partial charge in [-0.25, -0.2) is 4.39 Å². The number of ether oxygens (including phenoxy) is 2. The van der Waals surface area contributed by atoms with Gasteiger partial charge in [-0.2, -0.15) is 18.4 Å². The number of aromatic nitrogens is 1. The fourth-order valence-corrected chi connectivity index (χ4v) is 8.71. The van der Waals surface area contributed by atoms with Crippen LogP contribution in [-0.2, 0) is 25.4 Å². The van der Waals surface area contributed by atoms with E-state index in [1.54, 1.807) is 41.3 Å². The maximum absolute atomic E-state index is 15.4. The number of imide groups is 2. The van der Waals surface area contributed by atoms with Crippen LogP contribution >= 0.6 is 12.2 Å². The molecule has 4 aromatic rings. The molecular weight excluding hydrogens is 863 g/mol. The molecule has 5 heterocycles. The lowest BCUT2D eigenvalue weighted by Crippen LogP contribution is -2.54. The smallest absolute Gasteiger partial charge is 0.420 e. The van der Waals surface area contributed by atoms with Crippen molar-refractivity contribution in [2.45, 2.75) is 63.4 Å². The van der Waals surface area contributed by atoms with Crippen LogP contribution in [0.1, 0.15) is 71.4 Å². The summed E-state index contributed by atoms with van der Waals surface area (Å²) in [6.45, 7) is 3.31. The molecular formula is C44H35F4N7O8S. The molecule has 3 saturated heterocycles. The van der Waals surface area contributed by atoms with E-state index < -0.39 is 76.5 Å². The molecule has 6 amide bonds. The highest BCUT2D eigenvalue weighted by Crippen LogP contribution is 2.42. The van der Waals surface area contributed by atoms with E-state index >= 15 is 4.39 Å². The number of rotatable bonds is 9. The molecule has 8 rings (SSSR count). The van der Waals surface area contributed by atoms with Crippen LogP contribution in [0.2, 0.25) is 0 Å². The second-order valence-electron chi connectivity index (χ2n) is 15.8. The van der Waals surface area contributed by atoms with Crippen LogP contribution in [0.15, 0.2) is 72.9 Å². The number of thiocarbonyl (C=S) groups is 1. The largest absolute Gasteiger partial charge is 0.490 e. The number of carbonyl (C=O) groups excluding carboxylic acids is 6. The molecule has 1 unspecified atom stereocenters. The molecule has 64 heavy (non-hydrogen) atoms. The van der Waals surface area contributed by atoms with Crippen molar-refractivity contribution in [2.24, 2.45) is 0 Å². The molecule has 328 valence electrons. The van der Waals surface area contributed by atoms with Crippen LogP contribution in [0.5, 0.6) is 11.5 Å². The molecule has 0 bridgehead atoms. The molecule has 20 heteroatoms. The van der Waals surface area contributed by atoms with Crippen molar-refractivity contribution in [3.05, 3.63) is 101 Å². The summed E-state index contributed by atoms with van der Waals surface area (Å²) in [5.41, 5.74) is -3.35. The second-order valence-corrected chi connectivity index (χ2v) is 16.2. The number of piperidine rings is 2. The van der Waals surface area contributed by atoms with Gasteiger partial charge in [-0.15, -0.1) is 0 Å². The average Bonchev–Trinajstić information content (AvgIpc) is 3.62. The number of anilines is 2. The lowest BCUT2D eigenvalue weighted by molar-refractivity contribution is -0.140. The average molecular weight is 898 g/mol. The number of carbonyl (C=O) groups is 6. The minimum absolute atomic E-state index is 0.00446. The first-order valence-electron chi connectivity index (χ1n) is 19.9. The van der Waals surface area contributed by atoms with Gasteiger partial charge >= 0.3 is 6.18 Å². The number of hydrogen-bond donors (Lipinski definition) is 1. The van der Waals surface area contributed by atoms with Crippen LogP contribution in [0.25, 0.3) is 11.3 Å². The zero-order chi connectivity index (χ0) is 45.8. The summed E-state index contributed by atoms with van der Waals surface area (Å²) in [5, 5.41) is 11.0. The third-order valence-electron chi connectivity index (χ3n) is 11.5. The first kappa shape index (κ1) is 43.4. The maximum Gasteiger partial charge on any atom is 0.420 e. The summed E-state index contributed by atoms with van der Waals surface area (Å²) in [6.07, 6.45) is -2.96. The second kappa shape index (κ2) is 16.5. The van der Waals surface area contributed by atoms with Crippen LogP contribution in [0.3, 0.4) is 0 Å². The minimum atomic E-state index is -5.20. The molecule has 4 aliphatic heterocycles. The van der Waals surface area contributed by atoms with Gasteiger partial charge in [0.25, 0.3) is 23.6 Å². The Morgan fingerprint density at radius 1 is 0.969 bits per heavy atom. The number of pyridine rings is 1. The molecule has 0 aliphatic carbocycles. The van der Waals surface area contributed by atoms with Crippen molar-refractivity contribution in [3.63, 3.8) is 0 Å². The lowest BCUT2D eigenvalue weighted by Gasteiger charge is -2.32. The van der Waals surface area contributed by atoms with Gasteiger partial charge in [0.2, 0.25) is 11.8 Å². The quantitative estimate of drug-likeness (QED) is 0.126. The van der Waals surface area contributed by atoms with E-state index in [-0.39, 0.29) is 46.8 Å². The highest BCUT2D eigenvalue weighted by Gasteiger charge is 2.52. The van der Waals surface area contributed by atoms with Gasteiger partial charge in [0, 0.05) is 37.9 Å². The lowest BCUT2D eigenvalue weighted by atomic mass is 10.0. The molecule has 0 radical (unpaired) electrons. The zero-order valence-corrected chi connectivity index (χ0v) is 34.7. The summed E-state index contributed by atoms with van der Waals surface area (Å²) in [5.74, 6) is -4.95. The number of nitriles is 1. The van der Waals surface area contributed by atoms with E-state index in [4.69, 9.17) is 27.0 Å². The number of nitrogens with zero attached hydrogens (tertiary/aromatic N) is 6. The predicted octanol–water partition coefficient (Wildman–Crippen LogP) is 5.54. The summed E-state index contributed by atoms with van der Waals surface area (Å²) in [4.78, 5) is 86.3. The Kier molecular flexibility index (Phi) is 11.2. The molecule has 3 aromatic carbocycles. The first-order valence-corrected chi connectivity index (χ1v) is 20.3. The SMILES string of the molecule is CC1(C)C(=O)N(c2ccc(C#N)c(C(F)(F)F)c2F)C(=S)N1c1ccc(-c2ccc(OC3CCN(C(=O)COc4cccc5c4C(=O)N(C4CCC(=O)NC4=O)C5=O)CC3)cc2)nc1. The third-order valence-corrected chi connectivity index (χ3v) is 11.8. The van der Waals surface area contributed by atoms with Crippen LogP contribution in [0.4, 0.5) is 28.9 Å². The van der Waals surface area contributed by atoms with Gasteiger partial charge < -0.3 is 19.3 Å². The van der Waals surface area contributed by atoms with Crippen molar-refractivity contribution in [3.8, 4) is 28.8 Å². The van der Waals surface area contributed by atoms with Gasteiger partial charge in [0.15, 0.2) is 17.5 Å². The third kappa shape index (κ3) is 7.65. The fourth-order valence-electron chi connectivity index (χ4n) is 8.19. The van der Waals surface area contributed by atoms with Crippen molar-refractivity contribution in [2.75, 3.05) is 29.5 Å². The highest BCUT2D eigenvalue weighted by atomic mass is 32.1. The molecule has 1 aromatic heterocycles. The monoisotopic (exact) mass is 897 g/mol. The van der Waals surface area contributed by atoms with E-state index in [0.29, 0.717) is 53.5 Å². The van der Waals surface area contributed by atoms with Gasteiger partial charge in [0.05, 0.1) is 46.0 Å². The fraction of sp³-hybridized carbons (Fsp3) is 0.295. The minimum Gasteiger partial charge on any atom is -0.490 e. The van der Waals surface area contributed by atoms with Crippen LogP contribution in [-0.4, -0.2) is 92.7 Å². The molecule has 0 saturated carbocycles. The van der Waals surface area contributed by atoms with Gasteiger partial charge in [-0.05, 0) is 93.1 Å². The summed E-state index contributed by atoms with van der Waals surface area (Å²) >= 11 is 5.53. The normalized spacial score (nSPS) is 18.9. The first-order chi connectivity index (χ1) is 30.4. The van der Waals surface area contributed by atoms with Gasteiger partial charge in [0.1, 0.15) is 34.7 Å². The molecule has 15 nitrogen and oxygen atoms in total. The number of likely N-dealkylation sites (tertiary alicyclic amines) is 1. The molecule has 4 aliphatic rings. The number of fused-ring (bicyclic) bond motifs is 1. The number of benzene rings is 3. The van der Waals surface area contributed by atoms with Crippen LogP contribution in [0, 0.1) is 17.1 Å². The molecule has 0 spiro atoms. The molecule has 1 N–H and O–H groups in total. The van der Waals surface area contributed by atoms with Crippen molar-refractivity contribution < 1.29 is 55.8 Å². The van der Waals surface area contributed by atoms with Gasteiger partial charge in [-0.3, -0.25) is 48.9 Å². The Morgan fingerprint density at radius 3 is 2.33 bits per heavy atom. The van der Waals surface area contributed by atoms with E-state index in [2.05, 4.69) is 10.3 Å². The standard InChI is InChI=1S/C44H35F4N7O8S/c1-43(2)41(61)54(30-13-8-24(20-49)36(37(30)45)44(46,47)48)42(64)55(43)25-9-12-29(50-21-25)23-6-10-26(11-7-23)63-27-16-18-52(19-17-27)34(57)22-62-32-5-3-4-28-35(32)40(60)53(39(28)59)31-14-15-33(56)51-38(31)58/h3-13,21,27,31H,14-19,22H2,1-2H3,(H,51,56,58). The Labute approximate surface area is 367 Å². The summed E-state index contributed by atoms with van der Waals surface area (Å²) in [7, 11) is 0. The van der Waals surface area contributed by atoms with Crippen molar-refractivity contribution in [1.82, 2.24) is 20.1 Å². The number of hydrogen-bond acceptors (Lipinski definition) is 11. The van der Waals surface area contributed by atoms with Gasteiger partial charge in [-0.1, -0.05) is 6.07 Å². The molecule has 1 atom stereocenters. The van der Waals surface area contributed by atoms with Crippen molar-refractivity contribution in [1.29, 1.82) is 5.26 Å². The maximum atomic E-state index is 15.4. The van der Waals surface area contributed by atoms with Crippen LogP contribution < -0.4 is 24.6 Å². The predicted molar refractivity (Wildman–Crippen MR) is 221 cm³/mol. The van der Waals surface area contributed by atoms with E-state index in [1.807, 2.05) is 0 Å². The number of halogens is 4. The highest BCUT2D eigenvalue weighted by molar-refractivity contribution is 7.81. The Hall–Kier alpha value is -7.27. The molecule has 3 fully saturated rings. The summed E-state index contributed by atoms with van der Waals surface area (Å²) < 4.78 is 68.7. The number of alkyl halides is 3. The number of nitrogens with one attached hydrogen (secondary N) is 1. The van der Waals surface area contributed by atoms with E-state index in [1.165, 1.54) is 49.2 Å². The summed E-state index contributed by atoms with van der Waals surface area (Å²) in [6, 6.07) is 16.7.